The molecule has 2 heterocycles. The monoisotopic (exact) mass is 399 g/mol. The number of nitrogens with two attached hydrogens (primary N) is 1. The van der Waals surface area contributed by atoms with Crippen molar-refractivity contribution in [2.24, 2.45) is 0 Å². The number of anilines is 2. The Morgan fingerprint density at radius 1 is 1.07 bits per heavy atom. The van der Waals surface area contributed by atoms with Gasteiger partial charge in [-0.3, -0.25) is 4.98 Å². The molecular weight excluding hydrogens is 370 g/mol. The summed E-state index contributed by atoms with van der Waals surface area (Å²) in [7, 11) is 2.17. The van der Waals surface area contributed by atoms with Gasteiger partial charge in [-0.1, -0.05) is 24.3 Å². The summed E-state index contributed by atoms with van der Waals surface area (Å²) in [5.74, 6) is 0. The molecule has 0 radical (unpaired) electrons. The molecule has 5 nitrogen and oxygen atoms in total. The summed E-state index contributed by atoms with van der Waals surface area (Å²) in [4.78, 5) is 9.35. The van der Waals surface area contributed by atoms with Gasteiger partial charge in [0.2, 0.25) is 0 Å². The average Bonchev–Trinajstić information content (AvgIpc) is 2.76. The number of piperazine rings is 1. The van der Waals surface area contributed by atoms with E-state index >= 15 is 0 Å². The first-order valence-corrected chi connectivity index (χ1v) is 10.5. The third kappa shape index (κ3) is 3.96. The molecule has 154 valence electrons. The van der Waals surface area contributed by atoms with Crippen molar-refractivity contribution in [2.45, 2.75) is 25.7 Å². The largest absolute Gasteiger partial charge is 0.397 e. The maximum atomic E-state index is 9.37. The Balaban J connectivity index is 1.67. The lowest BCUT2D eigenvalue weighted by atomic mass is 9.85. The maximum Gasteiger partial charge on any atom is 0.0766 e. The van der Waals surface area contributed by atoms with Crippen molar-refractivity contribution >= 4 is 22.3 Å². The number of pyridine rings is 1. The van der Waals surface area contributed by atoms with E-state index < -0.39 is 5.41 Å². The summed E-state index contributed by atoms with van der Waals surface area (Å²) in [5, 5.41) is 10.5. The molecule has 0 aliphatic carbocycles. The molecule has 0 amide bonds. The van der Waals surface area contributed by atoms with Gasteiger partial charge in [-0.05, 0) is 55.8 Å². The van der Waals surface area contributed by atoms with Crippen molar-refractivity contribution in [1.29, 1.82) is 5.26 Å². The minimum Gasteiger partial charge on any atom is -0.397 e. The van der Waals surface area contributed by atoms with Crippen LogP contribution < -0.4 is 10.6 Å². The molecule has 1 aromatic heterocycles. The number of aromatic nitrogens is 1. The second-order valence-corrected chi connectivity index (χ2v) is 8.79. The molecule has 1 aliphatic rings. The van der Waals surface area contributed by atoms with Crippen LogP contribution in [0.5, 0.6) is 0 Å². The first-order chi connectivity index (χ1) is 14.4. The minimum atomic E-state index is -0.488. The summed E-state index contributed by atoms with van der Waals surface area (Å²) < 4.78 is 0. The van der Waals surface area contributed by atoms with Crippen molar-refractivity contribution in [1.82, 2.24) is 9.88 Å². The van der Waals surface area contributed by atoms with Crippen molar-refractivity contribution in [2.75, 3.05) is 43.9 Å². The average molecular weight is 400 g/mol. The molecule has 0 spiro atoms. The molecule has 1 saturated heterocycles. The van der Waals surface area contributed by atoms with Gasteiger partial charge in [0.15, 0.2) is 0 Å². The summed E-state index contributed by atoms with van der Waals surface area (Å²) in [5.41, 5.74) is 12.1. The minimum absolute atomic E-state index is 0.488. The first-order valence-electron chi connectivity index (χ1n) is 10.5. The van der Waals surface area contributed by atoms with Gasteiger partial charge in [-0.15, -0.1) is 0 Å². The quantitative estimate of drug-likeness (QED) is 0.719. The number of likely N-dealkylation sites (N-methyl/N-ethyl adjacent to an activating group) is 1. The normalized spacial score (nSPS) is 15.3. The van der Waals surface area contributed by atoms with Crippen LogP contribution in [0.1, 0.15) is 30.5 Å². The number of nitrogen functional groups attached to an aromatic ring is 1. The van der Waals surface area contributed by atoms with E-state index in [0.29, 0.717) is 0 Å². The highest BCUT2D eigenvalue weighted by atomic mass is 15.2. The topological polar surface area (TPSA) is 69.2 Å². The van der Waals surface area contributed by atoms with Crippen LogP contribution in [0.4, 0.5) is 11.4 Å². The number of fused-ring (bicyclic) bond motifs is 1. The van der Waals surface area contributed by atoms with Crippen molar-refractivity contribution < 1.29 is 0 Å². The molecule has 0 bridgehead atoms. The standard InChI is InChI=1S/C25H29N5/c1-25(2,17-26)19-6-4-18(5-7-19)14-21-22-15-20(30-12-10-29(3)11-13-30)8-9-24(22)28-16-23(21)27/h4-9,15-16H,10-14,27H2,1-3H3. The van der Waals surface area contributed by atoms with Crippen molar-refractivity contribution in [3.63, 3.8) is 0 Å². The van der Waals surface area contributed by atoms with E-state index in [9.17, 15) is 5.26 Å². The Bertz CT molecular complexity index is 1090. The van der Waals surface area contributed by atoms with E-state index in [1.165, 1.54) is 11.3 Å². The number of nitrogens with zero attached hydrogens (tertiary/aromatic N) is 4. The van der Waals surface area contributed by atoms with E-state index in [-0.39, 0.29) is 0 Å². The van der Waals surface area contributed by atoms with E-state index in [1.807, 2.05) is 26.0 Å². The molecule has 0 atom stereocenters. The Labute approximate surface area is 178 Å². The summed E-state index contributed by atoms with van der Waals surface area (Å²) >= 11 is 0. The zero-order valence-corrected chi connectivity index (χ0v) is 18.0. The van der Waals surface area contributed by atoms with Crippen LogP contribution in [0.25, 0.3) is 10.9 Å². The molecule has 2 N–H and O–H groups in total. The third-order valence-corrected chi connectivity index (χ3v) is 6.20. The molecule has 0 saturated carbocycles. The van der Waals surface area contributed by atoms with E-state index in [1.54, 1.807) is 6.20 Å². The number of rotatable bonds is 4. The first kappa shape index (κ1) is 20.2. The molecule has 0 unspecified atom stereocenters. The van der Waals surface area contributed by atoms with E-state index in [2.05, 4.69) is 58.2 Å². The summed E-state index contributed by atoms with van der Waals surface area (Å²) in [6.07, 6.45) is 2.50. The van der Waals surface area contributed by atoms with Crippen molar-refractivity contribution in [3.8, 4) is 6.07 Å². The van der Waals surface area contributed by atoms with Crippen LogP contribution in [-0.2, 0) is 11.8 Å². The van der Waals surface area contributed by atoms with Crippen LogP contribution in [0.2, 0.25) is 0 Å². The maximum absolute atomic E-state index is 9.37. The molecule has 4 rings (SSSR count). The van der Waals surface area contributed by atoms with Crippen LogP contribution in [-0.4, -0.2) is 43.1 Å². The van der Waals surface area contributed by atoms with Crippen LogP contribution in [0.3, 0.4) is 0 Å². The number of hydrogen-bond donors (Lipinski definition) is 1. The molecule has 3 aromatic rings. The predicted octanol–water partition coefficient (Wildman–Crippen LogP) is 3.96. The fourth-order valence-corrected chi connectivity index (χ4v) is 4.02. The van der Waals surface area contributed by atoms with Gasteiger partial charge in [0.05, 0.1) is 28.9 Å². The van der Waals surface area contributed by atoms with Gasteiger partial charge in [0, 0.05) is 43.7 Å². The third-order valence-electron chi connectivity index (χ3n) is 6.20. The fourth-order valence-electron chi connectivity index (χ4n) is 4.02. The summed E-state index contributed by atoms with van der Waals surface area (Å²) in [6.45, 7) is 8.09. The van der Waals surface area contributed by atoms with Crippen LogP contribution >= 0.6 is 0 Å². The molecule has 1 aliphatic heterocycles. The van der Waals surface area contributed by atoms with Crippen LogP contribution in [0.15, 0.2) is 48.7 Å². The molecule has 30 heavy (non-hydrogen) atoms. The highest BCUT2D eigenvalue weighted by molar-refractivity contribution is 5.89. The Morgan fingerprint density at radius 3 is 2.43 bits per heavy atom. The molecule has 2 aromatic carbocycles. The van der Waals surface area contributed by atoms with Gasteiger partial charge >= 0.3 is 0 Å². The van der Waals surface area contributed by atoms with Crippen LogP contribution in [0, 0.1) is 11.3 Å². The zero-order valence-electron chi connectivity index (χ0n) is 18.0. The van der Waals surface area contributed by atoms with Gasteiger partial charge in [-0.25, -0.2) is 0 Å². The predicted molar refractivity (Wildman–Crippen MR) is 124 cm³/mol. The molecular formula is C25H29N5. The zero-order chi connectivity index (χ0) is 21.3. The van der Waals surface area contributed by atoms with Gasteiger partial charge in [-0.2, -0.15) is 5.26 Å². The van der Waals surface area contributed by atoms with Gasteiger partial charge in [0.25, 0.3) is 0 Å². The Hall–Kier alpha value is -3.10. The SMILES string of the molecule is CN1CCN(c2ccc3ncc(N)c(Cc4ccc(C(C)(C)C#N)cc4)c3c2)CC1. The Kier molecular flexibility index (Phi) is 5.36. The van der Waals surface area contributed by atoms with E-state index in [0.717, 1.165) is 60.3 Å². The molecule has 1 fully saturated rings. The highest BCUT2D eigenvalue weighted by Crippen LogP contribution is 2.30. The Morgan fingerprint density at radius 2 is 1.77 bits per heavy atom. The molecule has 5 heteroatoms. The smallest absolute Gasteiger partial charge is 0.0766 e. The van der Waals surface area contributed by atoms with Gasteiger partial charge in [0.1, 0.15) is 0 Å². The fraction of sp³-hybridized carbons (Fsp3) is 0.360. The second kappa shape index (κ2) is 7.97. The second-order valence-electron chi connectivity index (χ2n) is 8.79. The van der Waals surface area contributed by atoms with Gasteiger partial charge < -0.3 is 15.5 Å². The lowest BCUT2D eigenvalue weighted by Gasteiger charge is -2.34. The highest BCUT2D eigenvalue weighted by Gasteiger charge is 2.20. The number of hydrogen-bond acceptors (Lipinski definition) is 5. The lowest BCUT2D eigenvalue weighted by Crippen LogP contribution is -2.44. The number of nitriles is 1. The summed E-state index contributed by atoms with van der Waals surface area (Å²) in [6, 6.07) is 17.2. The van der Waals surface area contributed by atoms with E-state index in [4.69, 9.17) is 5.73 Å². The van der Waals surface area contributed by atoms with Crippen molar-refractivity contribution in [3.05, 3.63) is 65.4 Å². The number of benzene rings is 2. The lowest BCUT2D eigenvalue weighted by molar-refractivity contribution is 0.313.